The van der Waals surface area contributed by atoms with Crippen molar-refractivity contribution in [3.8, 4) is 44.5 Å². The van der Waals surface area contributed by atoms with Gasteiger partial charge in [-0.05, 0) is 107 Å². The topological polar surface area (TPSA) is 13.1 Å². The summed E-state index contributed by atoms with van der Waals surface area (Å²) >= 11 is 0. The summed E-state index contributed by atoms with van der Waals surface area (Å²) < 4.78 is 104. The van der Waals surface area contributed by atoms with E-state index in [2.05, 4.69) is 48.5 Å². The molecule has 228 valence electrons. The van der Waals surface area contributed by atoms with Crippen LogP contribution in [0, 0.1) is 0 Å². The van der Waals surface area contributed by atoms with E-state index in [1.54, 1.807) is 0 Å². The van der Waals surface area contributed by atoms with Gasteiger partial charge in [0.15, 0.2) is 0 Å². The molecule has 0 amide bonds. The van der Waals surface area contributed by atoms with E-state index in [-0.39, 0.29) is 39.1 Å². The predicted molar refractivity (Wildman–Crippen MR) is 208 cm³/mol. The highest BCUT2D eigenvalue weighted by atomic mass is 16.3. The molecule has 1 heterocycles. The Balaban J connectivity index is 1.32. The van der Waals surface area contributed by atoms with Gasteiger partial charge in [0.25, 0.3) is 0 Å². The Morgan fingerprint density at radius 1 is 0.388 bits per heavy atom. The number of hydrogen-bond donors (Lipinski definition) is 0. The van der Waals surface area contributed by atoms with Crippen LogP contribution in [0.1, 0.15) is 15.1 Å². The Morgan fingerprint density at radius 2 is 1.06 bits per heavy atom. The zero-order valence-corrected chi connectivity index (χ0v) is 25.9. The highest BCUT2D eigenvalue weighted by Gasteiger charge is 2.20. The van der Waals surface area contributed by atoms with E-state index >= 15 is 0 Å². The van der Waals surface area contributed by atoms with Crippen molar-refractivity contribution in [2.45, 2.75) is 0 Å². The van der Waals surface area contributed by atoms with Gasteiger partial charge in [-0.3, -0.25) is 0 Å². The minimum atomic E-state index is -0.657. The molecule has 1 nitrogen and oxygen atoms in total. The molecule has 0 aliphatic carbocycles. The van der Waals surface area contributed by atoms with Crippen LogP contribution < -0.4 is 0 Å². The quantitative estimate of drug-likeness (QED) is 0.176. The summed E-state index contributed by atoms with van der Waals surface area (Å²) in [4.78, 5) is 0. The lowest BCUT2D eigenvalue weighted by molar-refractivity contribution is 0.669. The molecule has 10 rings (SSSR count). The van der Waals surface area contributed by atoms with Gasteiger partial charge in [0.2, 0.25) is 0 Å². The van der Waals surface area contributed by atoms with Gasteiger partial charge in [0.1, 0.15) is 11.2 Å². The highest BCUT2D eigenvalue weighted by molar-refractivity contribution is 6.25. The zero-order valence-electron chi connectivity index (χ0n) is 36.9. The molecule has 49 heavy (non-hydrogen) atoms. The molecule has 0 spiro atoms. The molecule has 0 bridgehead atoms. The summed E-state index contributed by atoms with van der Waals surface area (Å²) in [7, 11) is 0. The summed E-state index contributed by atoms with van der Waals surface area (Å²) in [5.41, 5.74) is 3.49. The molecule has 0 N–H and O–H groups in total. The summed E-state index contributed by atoms with van der Waals surface area (Å²) in [6.07, 6.45) is 0. The lowest BCUT2D eigenvalue weighted by Gasteiger charge is -2.18. The minimum Gasteiger partial charge on any atom is -0.456 e. The van der Waals surface area contributed by atoms with Gasteiger partial charge in [-0.15, -0.1) is 0 Å². The molecule has 10 aromatic rings. The minimum absolute atomic E-state index is 0.0647. The zero-order chi connectivity index (χ0) is 41.9. The summed E-state index contributed by atoms with van der Waals surface area (Å²) in [5, 5.41) is 5.40. The first-order valence-corrected chi connectivity index (χ1v) is 15.9. The third-order valence-corrected chi connectivity index (χ3v) is 9.24. The lowest BCUT2D eigenvalue weighted by atomic mass is 9.84. The van der Waals surface area contributed by atoms with E-state index in [0.29, 0.717) is 16.3 Å². The molecule has 0 saturated carbocycles. The van der Waals surface area contributed by atoms with Crippen LogP contribution in [0.3, 0.4) is 0 Å². The van der Waals surface area contributed by atoms with Gasteiger partial charge in [0.05, 0.1) is 15.1 Å². The van der Waals surface area contributed by atoms with Crippen molar-refractivity contribution in [1.29, 1.82) is 0 Å². The fourth-order valence-corrected chi connectivity index (χ4v) is 7.07. The maximum Gasteiger partial charge on any atom is 0.136 e. The maximum absolute atomic E-state index is 9.59. The molecule has 0 atom stereocenters. The van der Waals surface area contributed by atoms with Crippen molar-refractivity contribution in [2.24, 2.45) is 0 Å². The Hall–Kier alpha value is -6.44. The summed E-state index contributed by atoms with van der Waals surface area (Å²) in [5.74, 6) is 0. The van der Waals surface area contributed by atoms with Gasteiger partial charge < -0.3 is 4.42 Å². The molecule has 0 saturated heterocycles. The maximum atomic E-state index is 9.59. The van der Waals surface area contributed by atoms with Crippen LogP contribution in [-0.2, 0) is 0 Å². The molecule has 0 radical (unpaired) electrons. The Bertz CT molecular complexity index is 3430. The van der Waals surface area contributed by atoms with Crippen LogP contribution in [-0.4, -0.2) is 0 Å². The average Bonchev–Trinajstić information content (AvgIpc) is 3.68. The Labute approximate surface area is 299 Å². The summed E-state index contributed by atoms with van der Waals surface area (Å²) in [6, 6.07) is 32.4. The average molecular weight is 634 g/mol. The van der Waals surface area contributed by atoms with Gasteiger partial charge >= 0.3 is 0 Å². The van der Waals surface area contributed by atoms with Crippen molar-refractivity contribution >= 4 is 54.3 Å². The first-order valence-electron chi connectivity index (χ1n) is 21.4. The van der Waals surface area contributed by atoms with Crippen LogP contribution in [0.25, 0.3) is 98.8 Å². The molecule has 9 aromatic carbocycles. The largest absolute Gasteiger partial charge is 0.456 e. The molecule has 1 heteroatoms. The van der Waals surface area contributed by atoms with Crippen molar-refractivity contribution < 1.29 is 19.5 Å². The third kappa shape index (κ3) is 4.47. The number of furan rings is 1. The monoisotopic (exact) mass is 633 g/mol. The third-order valence-electron chi connectivity index (χ3n) is 9.24. The van der Waals surface area contributed by atoms with E-state index < -0.39 is 66.0 Å². The second kappa shape index (κ2) is 11.1. The van der Waals surface area contributed by atoms with E-state index in [0.717, 1.165) is 43.8 Å². The van der Waals surface area contributed by atoms with Gasteiger partial charge in [-0.25, -0.2) is 0 Å². The van der Waals surface area contributed by atoms with Crippen LogP contribution in [0.5, 0.6) is 0 Å². The molecule has 0 fully saturated rings. The molecule has 0 aliphatic heterocycles. The van der Waals surface area contributed by atoms with E-state index in [9.17, 15) is 2.74 Å². The second-order valence-corrected chi connectivity index (χ2v) is 12.0. The fourth-order valence-electron chi connectivity index (χ4n) is 7.07. The van der Waals surface area contributed by atoms with Crippen molar-refractivity contribution in [1.82, 2.24) is 0 Å². The Kier molecular flexibility index (Phi) is 4.25. The van der Waals surface area contributed by atoms with Gasteiger partial charge in [-0.1, -0.05) is 151 Å². The normalized spacial score (nSPS) is 14.8. The van der Waals surface area contributed by atoms with E-state index in [1.165, 1.54) is 0 Å². The van der Waals surface area contributed by atoms with E-state index in [1.807, 2.05) is 66.7 Å². The van der Waals surface area contributed by atoms with Crippen LogP contribution in [0.4, 0.5) is 0 Å². The molecule has 1 aromatic heterocycles. The van der Waals surface area contributed by atoms with Crippen molar-refractivity contribution in [3.63, 3.8) is 0 Å². The lowest BCUT2D eigenvalue weighted by Crippen LogP contribution is -1.91. The number of benzene rings is 9. The SMILES string of the molecule is [2H]c1c([2H])c([2H])c(-c2c([2H])c([2H])c3oc4c([2H])c([2H])c([2H])c(-c5c6ccccc6c(-c6cccc(-c7ccc8ccccc8c7)c6)c6ccccc56)c4c3c2[2H])c([2H])c1[2H]. The number of fused-ring (bicyclic) bond motifs is 6. The number of rotatable bonds is 4. The van der Waals surface area contributed by atoms with Crippen molar-refractivity contribution in [3.05, 3.63) is 182 Å². The van der Waals surface area contributed by atoms with Crippen LogP contribution in [0.2, 0.25) is 0 Å². The smallest absolute Gasteiger partial charge is 0.136 e. The standard InChI is InChI=1S/C48H30O/c1-2-12-31(13-3-1)36-26-27-44-43(30-36)48-42(22-11-23-45(48)49-44)47-40-20-8-6-18-38(40)46(39-19-7-9-21-41(39)47)37-17-10-16-34(29-37)35-25-24-32-14-4-5-15-33(32)28-35/h1-30H/i1D,2D,3D,11D,12D,13D,22D,23D,26D,27D,30D. The van der Waals surface area contributed by atoms with Crippen molar-refractivity contribution in [2.75, 3.05) is 0 Å². The van der Waals surface area contributed by atoms with E-state index in [4.69, 9.17) is 16.8 Å². The van der Waals surface area contributed by atoms with Gasteiger partial charge in [0, 0.05) is 10.8 Å². The molecule has 0 aliphatic rings. The number of hydrogen-bond acceptors (Lipinski definition) is 1. The molecular weight excluding hydrogens is 593 g/mol. The predicted octanol–water partition coefficient (Wildman–Crippen LogP) is 13.7. The van der Waals surface area contributed by atoms with Crippen LogP contribution >= 0.6 is 0 Å². The Morgan fingerprint density at radius 3 is 1.84 bits per heavy atom. The highest BCUT2D eigenvalue weighted by Crippen LogP contribution is 2.47. The first-order chi connectivity index (χ1) is 28.9. The fraction of sp³-hybridized carbons (Fsp3) is 0. The molecular formula is C48H30O. The summed E-state index contributed by atoms with van der Waals surface area (Å²) in [6.45, 7) is 0. The molecule has 0 unspecified atom stereocenters. The second-order valence-electron chi connectivity index (χ2n) is 12.0. The van der Waals surface area contributed by atoms with Crippen LogP contribution in [0.15, 0.2) is 186 Å². The van der Waals surface area contributed by atoms with Gasteiger partial charge in [-0.2, -0.15) is 0 Å². The first kappa shape index (κ1) is 18.8.